The highest BCUT2D eigenvalue weighted by Crippen LogP contribution is 2.35. The van der Waals surface area contributed by atoms with Gasteiger partial charge in [0, 0.05) is 10.6 Å². The lowest BCUT2D eigenvalue weighted by Gasteiger charge is -2.22. The third-order valence-corrected chi connectivity index (χ3v) is 5.01. The fraction of sp³-hybridized carbons (Fsp3) is 0.200. The van der Waals surface area contributed by atoms with E-state index in [9.17, 15) is 15.2 Å². The first-order valence-corrected chi connectivity index (χ1v) is 10.2. The molecule has 0 saturated carbocycles. The molecule has 1 N–H and O–H groups in total. The Kier molecular flexibility index (Phi) is 7.17. The number of para-hydroxylation sites is 1. The molecule has 0 aliphatic rings. The maximum Gasteiger partial charge on any atom is 0.315 e. The second-order valence-corrected chi connectivity index (χ2v) is 7.80. The van der Waals surface area contributed by atoms with Gasteiger partial charge >= 0.3 is 5.97 Å². The van der Waals surface area contributed by atoms with Gasteiger partial charge < -0.3 is 14.6 Å². The van der Waals surface area contributed by atoms with E-state index in [4.69, 9.17) is 21.1 Å². The lowest BCUT2D eigenvalue weighted by atomic mass is 9.88. The summed E-state index contributed by atoms with van der Waals surface area (Å²) < 4.78 is 11.3. The number of phenolic OH excluding ortho intramolecular Hbond substituents is 1. The summed E-state index contributed by atoms with van der Waals surface area (Å²) in [5, 5.41) is 20.4. The fourth-order valence-electron chi connectivity index (χ4n) is 3.21. The molecule has 3 aromatic rings. The van der Waals surface area contributed by atoms with Gasteiger partial charge in [-0.05, 0) is 47.9 Å². The van der Waals surface area contributed by atoms with E-state index >= 15 is 0 Å². The monoisotopic (exact) mass is 435 g/mol. The molecule has 5 nitrogen and oxygen atoms in total. The Morgan fingerprint density at radius 2 is 1.65 bits per heavy atom. The Hall–Kier alpha value is -3.49. The first kappa shape index (κ1) is 22.2. The van der Waals surface area contributed by atoms with Crippen molar-refractivity contribution in [3.8, 4) is 23.3 Å². The van der Waals surface area contributed by atoms with E-state index in [-0.39, 0.29) is 17.4 Å². The van der Waals surface area contributed by atoms with E-state index in [2.05, 4.69) is 0 Å². The highest BCUT2D eigenvalue weighted by molar-refractivity contribution is 6.30. The second-order valence-electron chi connectivity index (χ2n) is 7.36. The minimum atomic E-state index is -1.15. The van der Waals surface area contributed by atoms with Crippen molar-refractivity contribution in [2.75, 3.05) is 0 Å². The van der Waals surface area contributed by atoms with Crippen molar-refractivity contribution in [2.45, 2.75) is 25.9 Å². The molecule has 0 spiro atoms. The van der Waals surface area contributed by atoms with Gasteiger partial charge in [-0.1, -0.05) is 61.8 Å². The average Bonchev–Trinajstić information content (AvgIpc) is 2.76. The summed E-state index contributed by atoms with van der Waals surface area (Å²) in [6.45, 7) is 3.82. The SMILES string of the molecule is CC(C)C(C(=O)OC(C#N)c1ccc(O)c(Oc2ccccc2)c1)c1ccc(Cl)cc1. The first-order valence-electron chi connectivity index (χ1n) is 9.80. The predicted octanol–water partition coefficient (Wildman–Crippen LogP) is 6.39. The zero-order chi connectivity index (χ0) is 22.4. The molecule has 0 amide bonds. The number of nitriles is 1. The fourth-order valence-corrected chi connectivity index (χ4v) is 3.34. The van der Waals surface area contributed by atoms with Crippen LogP contribution in [0.1, 0.15) is 37.0 Å². The van der Waals surface area contributed by atoms with Gasteiger partial charge in [0.1, 0.15) is 11.8 Å². The molecule has 0 aliphatic carbocycles. The minimum absolute atomic E-state index is 0.0511. The van der Waals surface area contributed by atoms with Crippen molar-refractivity contribution in [3.63, 3.8) is 0 Å². The number of carbonyl (C=O) groups excluding carboxylic acids is 1. The van der Waals surface area contributed by atoms with Crippen LogP contribution in [0.4, 0.5) is 0 Å². The van der Waals surface area contributed by atoms with Crippen LogP contribution in [0.3, 0.4) is 0 Å². The number of rotatable bonds is 7. The van der Waals surface area contributed by atoms with Crippen LogP contribution in [0.25, 0.3) is 0 Å². The highest BCUT2D eigenvalue weighted by atomic mass is 35.5. The number of aromatic hydroxyl groups is 1. The summed E-state index contributed by atoms with van der Waals surface area (Å²) in [6.07, 6.45) is -1.15. The van der Waals surface area contributed by atoms with Gasteiger partial charge in [-0.2, -0.15) is 5.26 Å². The Balaban J connectivity index is 1.83. The molecular formula is C25H22ClNO4. The molecule has 2 atom stereocenters. The normalized spacial score (nSPS) is 12.6. The van der Waals surface area contributed by atoms with Crippen LogP contribution in [0.5, 0.6) is 17.2 Å². The lowest BCUT2D eigenvalue weighted by Crippen LogP contribution is -2.22. The summed E-state index contributed by atoms with van der Waals surface area (Å²) in [5.41, 5.74) is 1.16. The van der Waals surface area contributed by atoms with Gasteiger partial charge in [0.05, 0.1) is 5.92 Å². The molecule has 0 fully saturated rings. The van der Waals surface area contributed by atoms with Crippen molar-refractivity contribution >= 4 is 17.6 Å². The Bertz CT molecular complexity index is 1070. The third kappa shape index (κ3) is 5.56. The maximum absolute atomic E-state index is 13.0. The smallest absolute Gasteiger partial charge is 0.315 e. The molecule has 0 heterocycles. The molecule has 0 bridgehead atoms. The van der Waals surface area contributed by atoms with Crippen LogP contribution in [0, 0.1) is 17.2 Å². The summed E-state index contributed by atoms with van der Waals surface area (Å²) in [4.78, 5) is 13.0. The summed E-state index contributed by atoms with van der Waals surface area (Å²) in [7, 11) is 0. The largest absolute Gasteiger partial charge is 0.504 e. The van der Waals surface area contributed by atoms with Crippen LogP contribution in [0.2, 0.25) is 5.02 Å². The molecule has 6 heteroatoms. The average molecular weight is 436 g/mol. The van der Waals surface area contributed by atoms with Crippen molar-refractivity contribution in [3.05, 3.63) is 88.9 Å². The van der Waals surface area contributed by atoms with Crippen LogP contribution >= 0.6 is 11.6 Å². The maximum atomic E-state index is 13.0. The summed E-state index contributed by atoms with van der Waals surface area (Å²) in [6, 6.07) is 22.4. The number of nitrogens with zero attached hydrogens (tertiary/aromatic N) is 1. The standard InChI is InChI=1S/C25H22ClNO4/c1-16(2)24(17-8-11-19(26)12-9-17)25(29)31-23(15-27)18-10-13-21(28)22(14-18)30-20-6-4-3-5-7-20/h3-14,16,23-24,28H,1-2H3. The predicted molar refractivity (Wildman–Crippen MR) is 118 cm³/mol. The van der Waals surface area contributed by atoms with Crippen LogP contribution in [-0.4, -0.2) is 11.1 Å². The highest BCUT2D eigenvalue weighted by Gasteiger charge is 2.29. The van der Waals surface area contributed by atoms with Gasteiger partial charge in [-0.25, -0.2) is 0 Å². The van der Waals surface area contributed by atoms with E-state index in [0.29, 0.717) is 16.3 Å². The van der Waals surface area contributed by atoms with Gasteiger partial charge in [-0.15, -0.1) is 0 Å². The van der Waals surface area contributed by atoms with E-state index < -0.39 is 18.0 Å². The van der Waals surface area contributed by atoms with E-state index in [1.54, 1.807) is 48.5 Å². The van der Waals surface area contributed by atoms with Crippen LogP contribution < -0.4 is 4.74 Å². The van der Waals surface area contributed by atoms with Crippen molar-refractivity contribution < 1.29 is 19.4 Å². The molecule has 158 valence electrons. The molecule has 0 radical (unpaired) electrons. The van der Waals surface area contributed by atoms with Crippen LogP contribution in [-0.2, 0) is 9.53 Å². The number of ether oxygens (including phenoxy) is 2. The molecule has 0 aromatic heterocycles. The first-order chi connectivity index (χ1) is 14.9. The number of hydrogen-bond acceptors (Lipinski definition) is 5. The number of esters is 1. The Morgan fingerprint density at radius 3 is 2.26 bits per heavy atom. The number of halogens is 1. The number of phenols is 1. The van der Waals surface area contributed by atoms with Crippen molar-refractivity contribution in [1.29, 1.82) is 5.26 Å². The molecular weight excluding hydrogens is 414 g/mol. The van der Waals surface area contributed by atoms with Gasteiger partial charge in [0.15, 0.2) is 11.5 Å². The second kappa shape index (κ2) is 10.0. The lowest BCUT2D eigenvalue weighted by molar-refractivity contribution is -0.150. The van der Waals surface area contributed by atoms with Gasteiger partial charge in [0.25, 0.3) is 0 Å². The van der Waals surface area contributed by atoms with Crippen molar-refractivity contribution in [2.24, 2.45) is 5.92 Å². The number of benzene rings is 3. The van der Waals surface area contributed by atoms with E-state index in [1.807, 2.05) is 26.0 Å². The van der Waals surface area contributed by atoms with E-state index in [1.165, 1.54) is 18.2 Å². The topological polar surface area (TPSA) is 79.6 Å². The minimum Gasteiger partial charge on any atom is -0.504 e. The summed E-state index contributed by atoms with van der Waals surface area (Å²) >= 11 is 5.96. The molecule has 0 saturated heterocycles. The molecule has 31 heavy (non-hydrogen) atoms. The number of carbonyl (C=O) groups is 1. The number of hydrogen-bond donors (Lipinski definition) is 1. The van der Waals surface area contributed by atoms with Gasteiger partial charge in [-0.3, -0.25) is 4.79 Å². The Labute approximate surface area is 186 Å². The van der Waals surface area contributed by atoms with Gasteiger partial charge in [0.2, 0.25) is 6.10 Å². The quantitative estimate of drug-likeness (QED) is 0.435. The molecule has 0 aliphatic heterocycles. The Morgan fingerprint density at radius 1 is 1.00 bits per heavy atom. The zero-order valence-corrected chi connectivity index (χ0v) is 17.9. The van der Waals surface area contributed by atoms with E-state index in [0.717, 1.165) is 5.56 Å². The van der Waals surface area contributed by atoms with Crippen LogP contribution in [0.15, 0.2) is 72.8 Å². The molecule has 3 rings (SSSR count). The van der Waals surface area contributed by atoms with Crippen molar-refractivity contribution in [1.82, 2.24) is 0 Å². The summed E-state index contributed by atoms with van der Waals surface area (Å²) in [5.74, 6) is -0.504. The zero-order valence-electron chi connectivity index (χ0n) is 17.2. The third-order valence-electron chi connectivity index (χ3n) is 4.76. The molecule has 3 aromatic carbocycles. The molecule has 2 unspecified atom stereocenters.